The van der Waals surface area contributed by atoms with Crippen LogP contribution in [-0.2, 0) is 12.3 Å². The van der Waals surface area contributed by atoms with Crippen LogP contribution >= 0.6 is 11.6 Å². The Hall–Kier alpha value is -0.570. The molecule has 0 unspecified atom stereocenters. The van der Waals surface area contributed by atoms with Gasteiger partial charge in [0.1, 0.15) is 5.88 Å². The number of rotatable bonds is 3. The van der Waals surface area contributed by atoms with Crippen LogP contribution in [0.3, 0.4) is 0 Å². The molecule has 0 N–H and O–H groups in total. The van der Waals surface area contributed by atoms with Crippen molar-refractivity contribution in [2.75, 3.05) is 0 Å². The van der Waals surface area contributed by atoms with Gasteiger partial charge in [-0.3, -0.25) is 0 Å². The summed E-state index contributed by atoms with van der Waals surface area (Å²) >= 11 is 5.48. The van der Waals surface area contributed by atoms with Gasteiger partial charge in [-0.25, -0.2) is 0 Å². The lowest BCUT2D eigenvalue weighted by Crippen LogP contribution is -1.95. The molecule has 0 saturated heterocycles. The molecule has 0 aliphatic rings. The quantitative estimate of drug-likeness (QED) is 0.658. The maximum Gasteiger partial charge on any atom is 0.241 e. The van der Waals surface area contributed by atoms with Crippen molar-refractivity contribution in [2.45, 2.75) is 26.1 Å². The molecule has 1 heterocycles. The summed E-state index contributed by atoms with van der Waals surface area (Å²) in [6.07, 6.45) is 0.848. The van der Waals surface area contributed by atoms with E-state index in [1.807, 2.05) is 0 Å². The molecule has 1 rings (SSSR count). The Morgan fingerprint density at radius 2 is 2.27 bits per heavy atom. The van der Waals surface area contributed by atoms with Crippen LogP contribution < -0.4 is 0 Å². The van der Waals surface area contributed by atoms with E-state index in [1.54, 1.807) is 0 Å². The lowest BCUT2D eigenvalue weighted by atomic mass is 10.1. The molecule has 0 radical (unpaired) electrons. The summed E-state index contributed by atoms with van der Waals surface area (Å²) in [5.74, 6) is 2.10. The predicted octanol–water partition coefficient (Wildman–Crippen LogP) is 2.01. The van der Waals surface area contributed by atoms with Gasteiger partial charge in [-0.15, -0.1) is 11.6 Å². The molecule has 0 aliphatic heterocycles. The number of alkyl halides is 1. The number of nitrogens with zero attached hydrogens (tertiary/aromatic N) is 2. The van der Waals surface area contributed by atoms with E-state index in [0.29, 0.717) is 17.7 Å². The van der Waals surface area contributed by atoms with E-state index in [4.69, 9.17) is 16.1 Å². The molecule has 0 aromatic carbocycles. The highest BCUT2D eigenvalue weighted by Crippen LogP contribution is 2.05. The zero-order valence-electron chi connectivity index (χ0n) is 6.67. The van der Waals surface area contributed by atoms with E-state index >= 15 is 0 Å². The fraction of sp³-hybridized carbons (Fsp3) is 0.714. The van der Waals surface area contributed by atoms with Crippen LogP contribution in [-0.4, -0.2) is 10.1 Å². The molecule has 3 nitrogen and oxygen atoms in total. The van der Waals surface area contributed by atoms with Crippen molar-refractivity contribution in [3.63, 3.8) is 0 Å². The lowest BCUT2D eigenvalue weighted by Gasteiger charge is -1.95. The minimum atomic E-state index is 0.297. The highest BCUT2D eigenvalue weighted by atomic mass is 35.5. The molecule has 11 heavy (non-hydrogen) atoms. The van der Waals surface area contributed by atoms with Crippen LogP contribution in [0.5, 0.6) is 0 Å². The molecule has 0 amide bonds. The second-order valence-corrected chi connectivity index (χ2v) is 3.10. The molecular formula is C7H11ClN2O. The molecule has 0 spiro atoms. The molecule has 0 aliphatic carbocycles. The maximum absolute atomic E-state index is 5.48. The first-order valence-electron chi connectivity index (χ1n) is 3.59. The molecule has 0 bridgehead atoms. The first-order valence-corrected chi connectivity index (χ1v) is 4.13. The van der Waals surface area contributed by atoms with Gasteiger partial charge in [0.05, 0.1) is 0 Å². The Kier molecular flexibility index (Phi) is 2.88. The van der Waals surface area contributed by atoms with Gasteiger partial charge in [0, 0.05) is 6.42 Å². The van der Waals surface area contributed by atoms with Gasteiger partial charge in [0.2, 0.25) is 5.89 Å². The van der Waals surface area contributed by atoms with Crippen molar-refractivity contribution in [2.24, 2.45) is 5.92 Å². The minimum Gasteiger partial charge on any atom is -0.338 e. The number of halogens is 1. The van der Waals surface area contributed by atoms with Crippen molar-refractivity contribution in [3.8, 4) is 0 Å². The third-order valence-electron chi connectivity index (χ3n) is 1.22. The minimum absolute atomic E-state index is 0.297. The number of hydrogen-bond donors (Lipinski definition) is 0. The van der Waals surface area contributed by atoms with E-state index in [9.17, 15) is 0 Å². The van der Waals surface area contributed by atoms with Crippen molar-refractivity contribution >= 4 is 11.6 Å². The summed E-state index contributed by atoms with van der Waals surface area (Å²) in [6, 6.07) is 0. The fourth-order valence-electron chi connectivity index (χ4n) is 0.792. The summed E-state index contributed by atoms with van der Waals surface area (Å²) < 4.78 is 4.82. The van der Waals surface area contributed by atoms with E-state index in [1.165, 1.54) is 0 Å². The third kappa shape index (κ3) is 2.50. The van der Waals surface area contributed by atoms with Gasteiger partial charge < -0.3 is 4.52 Å². The van der Waals surface area contributed by atoms with E-state index in [0.717, 1.165) is 12.2 Å². The first-order chi connectivity index (χ1) is 5.22. The summed E-state index contributed by atoms with van der Waals surface area (Å²) in [7, 11) is 0. The van der Waals surface area contributed by atoms with Gasteiger partial charge >= 0.3 is 0 Å². The SMILES string of the molecule is CC(C)Cc1noc(CCl)n1. The summed E-state index contributed by atoms with van der Waals surface area (Å²) in [4.78, 5) is 4.06. The molecule has 0 fully saturated rings. The van der Waals surface area contributed by atoms with Crippen molar-refractivity contribution < 1.29 is 4.52 Å². The first kappa shape index (κ1) is 8.53. The van der Waals surface area contributed by atoms with Gasteiger partial charge in [-0.2, -0.15) is 4.98 Å². The molecule has 1 aromatic rings. The zero-order valence-corrected chi connectivity index (χ0v) is 7.43. The molecule has 1 aromatic heterocycles. The Balaban J connectivity index is 2.58. The zero-order chi connectivity index (χ0) is 8.27. The Morgan fingerprint density at radius 1 is 1.55 bits per heavy atom. The van der Waals surface area contributed by atoms with Crippen LogP contribution in [0.25, 0.3) is 0 Å². The number of hydrogen-bond acceptors (Lipinski definition) is 3. The van der Waals surface area contributed by atoms with Crippen molar-refractivity contribution in [1.29, 1.82) is 0 Å². The molecule has 0 atom stereocenters. The topological polar surface area (TPSA) is 38.9 Å². The van der Waals surface area contributed by atoms with E-state index in [-0.39, 0.29) is 0 Å². The second-order valence-electron chi connectivity index (χ2n) is 2.84. The summed E-state index contributed by atoms with van der Waals surface area (Å²) in [5, 5.41) is 3.76. The highest BCUT2D eigenvalue weighted by Gasteiger charge is 2.05. The molecular weight excluding hydrogens is 164 g/mol. The monoisotopic (exact) mass is 174 g/mol. The standard InChI is InChI=1S/C7H11ClN2O/c1-5(2)3-6-9-7(4-8)11-10-6/h5H,3-4H2,1-2H3. The largest absolute Gasteiger partial charge is 0.338 e. The second kappa shape index (κ2) is 3.72. The Bertz CT molecular complexity index is 222. The average Bonchev–Trinajstić information content (AvgIpc) is 2.34. The van der Waals surface area contributed by atoms with Crippen LogP contribution in [0, 0.1) is 5.92 Å². The molecule has 0 saturated carbocycles. The van der Waals surface area contributed by atoms with Crippen LogP contribution in [0.1, 0.15) is 25.6 Å². The molecule has 4 heteroatoms. The van der Waals surface area contributed by atoms with Gasteiger partial charge in [0.15, 0.2) is 5.82 Å². The lowest BCUT2D eigenvalue weighted by molar-refractivity contribution is 0.381. The normalized spacial score (nSPS) is 10.9. The van der Waals surface area contributed by atoms with Crippen LogP contribution in [0.15, 0.2) is 4.52 Å². The number of aromatic nitrogens is 2. The fourth-order valence-corrected chi connectivity index (χ4v) is 0.901. The van der Waals surface area contributed by atoms with Crippen LogP contribution in [0.2, 0.25) is 0 Å². The summed E-state index contributed by atoms with van der Waals surface area (Å²) in [5.41, 5.74) is 0. The van der Waals surface area contributed by atoms with Crippen molar-refractivity contribution in [3.05, 3.63) is 11.7 Å². The molecule has 62 valence electrons. The maximum atomic E-state index is 5.48. The highest BCUT2D eigenvalue weighted by molar-refractivity contribution is 6.16. The van der Waals surface area contributed by atoms with E-state index in [2.05, 4.69) is 24.0 Å². The third-order valence-corrected chi connectivity index (χ3v) is 1.44. The van der Waals surface area contributed by atoms with Gasteiger partial charge in [-0.1, -0.05) is 19.0 Å². The van der Waals surface area contributed by atoms with Crippen LogP contribution in [0.4, 0.5) is 0 Å². The Morgan fingerprint density at radius 3 is 2.73 bits per heavy atom. The van der Waals surface area contributed by atoms with Gasteiger partial charge in [-0.05, 0) is 5.92 Å². The Labute approximate surface area is 70.7 Å². The van der Waals surface area contributed by atoms with Gasteiger partial charge in [0.25, 0.3) is 0 Å². The average molecular weight is 175 g/mol. The van der Waals surface area contributed by atoms with Crippen molar-refractivity contribution in [1.82, 2.24) is 10.1 Å². The van der Waals surface area contributed by atoms with E-state index < -0.39 is 0 Å². The summed E-state index contributed by atoms with van der Waals surface area (Å²) in [6.45, 7) is 4.22. The predicted molar refractivity (Wildman–Crippen MR) is 42.4 cm³/mol. The smallest absolute Gasteiger partial charge is 0.241 e.